The summed E-state index contributed by atoms with van der Waals surface area (Å²) in [5.74, 6) is 0. The fourth-order valence-corrected chi connectivity index (χ4v) is 5.26. The SMILES string of the molecule is Cc1ccc(Cn2c3c(c4scc(Cl)c42)C(C)N(C)C(C)C3)cn1. The van der Waals surface area contributed by atoms with E-state index in [0.717, 1.165) is 23.7 Å². The lowest BCUT2D eigenvalue weighted by atomic mass is 9.95. The van der Waals surface area contributed by atoms with Crippen LogP contribution in [-0.4, -0.2) is 27.5 Å². The maximum absolute atomic E-state index is 6.57. The molecule has 1 aliphatic heterocycles. The molecule has 0 saturated heterocycles. The van der Waals surface area contributed by atoms with Crippen LogP contribution in [0.4, 0.5) is 0 Å². The Morgan fingerprint density at radius 3 is 2.83 bits per heavy atom. The number of thiophene rings is 1. The molecule has 0 saturated carbocycles. The maximum atomic E-state index is 6.57. The third kappa shape index (κ3) is 2.40. The Morgan fingerprint density at radius 1 is 1.33 bits per heavy atom. The molecule has 0 amide bonds. The number of aryl methyl sites for hydroxylation is 1. The van der Waals surface area contributed by atoms with Crippen LogP contribution in [0.15, 0.2) is 23.7 Å². The predicted octanol–water partition coefficient (Wildman–Crippen LogP) is 5.05. The quantitative estimate of drug-likeness (QED) is 0.638. The first-order valence-corrected chi connectivity index (χ1v) is 9.64. The Morgan fingerprint density at radius 2 is 2.12 bits per heavy atom. The van der Waals surface area contributed by atoms with E-state index in [1.54, 1.807) is 11.3 Å². The number of halogens is 1. The molecule has 3 aromatic heterocycles. The molecule has 0 N–H and O–H groups in total. The molecule has 0 spiro atoms. The first-order chi connectivity index (χ1) is 11.5. The number of likely N-dealkylation sites (N-methyl/N-ethyl adjacent to an activating group) is 1. The molecule has 0 aliphatic carbocycles. The van der Waals surface area contributed by atoms with E-state index in [1.807, 2.05) is 13.1 Å². The maximum Gasteiger partial charge on any atom is 0.0788 e. The van der Waals surface area contributed by atoms with E-state index >= 15 is 0 Å². The molecule has 4 rings (SSSR count). The summed E-state index contributed by atoms with van der Waals surface area (Å²) in [5.41, 5.74) is 6.37. The average molecular weight is 360 g/mol. The van der Waals surface area contributed by atoms with E-state index < -0.39 is 0 Å². The number of rotatable bonds is 2. The summed E-state index contributed by atoms with van der Waals surface area (Å²) < 4.78 is 3.77. The van der Waals surface area contributed by atoms with Crippen LogP contribution >= 0.6 is 22.9 Å². The molecule has 1 aliphatic rings. The van der Waals surface area contributed by atoms with Crippen molar-refractivity contribution < 1.29 is 0 Å². The molecule has 3 aromatic rings. The third-order valence-electron chi connectivity index (χ3n) is 5.40. The van der Waals surface area contributed by atoms with Crippen molar-refractivity contribution in [1.29, 1.82) is 0 Å². The average Bonchev–Trinajstić information content (AvgIpc) is 3.07. The second-order valence-electron chi connectivity index (χ2n) is 6.91. The third-order valence-corrected chi connectivity index (χ3v) is 6.82. The first-order valence-electron chi connectivity index (χ1n) is 8.38. The molecule has 126 valence electrons. The van der Waals surface area contributed by atoms with Crippen molar-refractivity contribution >= 4 is 33.2 Å². The number of hydrogen-bond acceptors (Lipinski definition) is 3. The van der Waals surface area contributed by atoms with E-state index in [-0.39, 0.29) is 0 Å². The van der Waals surface area contributed by atoms with Crippen LogP contribution in [0.1, 0.15) is 42.4 Å². The molecular formula is C19H22ClN3S. The van der Waals surface area contributed by atoms with Gasteiger partial charge in [-0.3, -0.25) is 9.88 Å². The van der Waals surface area contributed by atoms with Gasteiger partial charge in [0.15, 0.2) is 0 Å². The van der Waals surface area contributed by atoms with Crippen LogP contribution in [0, 0.1) is 6.92 Å². The van der Waals surface area contributed by atoms with E-state index in [1.165, 1.54) is 27.0 Å². The molecule has 24 heavy (non-hydrogen) atoms. The standard InChI is InChI=1S/C19H22ClN3S/c1-11-5-6-14(8-21-11)9-23-16-7-12(2)22(4)13(3)17(16)19-18(23)15(20)10-24-19/h5-6,8,10,12-13H,7,9H2,1-4H3. The molecular weight excluding hydrogens is 338 g/mol. The lowest BCUT2D eigenvalue weighted by Crippen LogP contribution is -2.38. The minimum absolute atomic E-state index is 0.415. The molecule has 0 fully saturated rings. The van der Waals surface area contributed by atoms with E-state index in [2.05, 4.69) is 52.9 Å². The lowest BCUT2D eigenvalue weighted by molar-refractivity contribution is 0.178. The zero-order valence-electron chi connectivity index (χ0n) is 14.5. The summed E-state index contributed by atoms with van der Waals surface area (Å²) in [4.78, 5) is 6.92. The Kier molecular flexibility index (Phi) is 3.94. The topological polar surface area (TPSA) is 21.1 Å². The Bertz CT molecular complexity index is 894. The number of pyridine rings is 1. The van der Waals surface area contributed by atoms with Gasteiger partial charge in [-0.1, -0.05) is 17.7 Å². The van der Waals surface area contributed by atoms with Crippen molar-refractivity contribution in [2.24, 2.45) is 0 Å². The lowest BCUT2D eigenvalue weighted by Gasteiger charge is -2.36. The summed E-state index contributed by atoms with van der Waals surface area (Å²) in [6, 6.07) is 5.20. The van der Waals surface area contributed by atoms with Crippen LogP contribution in [-0.2, 0) is 13.0 Å². The summed E-state index contributed by atoms with van der Waals surface area (Å²) in [6.45, 7) is 7.46. The van der Waals surface area contributed by atoms with Gasteiger partial charge in [0, 0.05) is 53.6 Å². The largest absolute Gasteiger partial charge is 0.338 e. The van der Waals surface area contributed by atoms with Crippen LogP contribution in [0.3, 0.4) is 0 Å². The summed E-state index contributed by atoms with van der Waals surface area (Å²) in [7, 11) is 2.22. The zero-order chi connectivity index (χ0) is 17.0. The highest BCUT2D eigenvalue weighted by molar-refractivity contribution is 7.18. The van der Waals surface area contributed by atoms with Gasteiger partial charge in [-0.25, -0.2) is 0 Å². The smallest absolute Gasteiger partial charge is 0.0788 e. The van der Waals surface area contributed by atoms with Gasteiger partial charge in [0.05, 0.1) is 15.2 Å². The van der Waals surface area contributed by atoms with Crippen molar-refractivity contribution in [3.05, 3.63) is 51.2 Å². The fraction of sp³-hybridized carbons (Fsp3) is 0.421. The van der Waals surface area contributed by atoms with Gasteiger partial charge in [-0.15, -0.1) is 11.3 Å². The molecule has 5 heteroatoms. The number of hydrogen-bond donors (Lipinski definition) is 0. The Labute approximate surface area is 151 Å². The van der Waals surface area contributed by atoms with Crippen LogP contribution < -0.4 is 0 Å². The fourth-order valence-electron chi connectivity index (χ4n) is 3.79. The van der Waals surface area contributed by atoms with Crippen molar-refractivity contribution in [3.8, 4) is 0 Å². The first kappa shape index (κ1) is 16.1. The second-order valence-corrected chi connectivity index (χ2v) is 8.20. The molecule has 2 unspecified atom stereocenters. The van der Waals surface area contributed by atoms with Crippen LogP contribution in [0.25, 0.3) is 10.2 Å². The normalized spacial score (nSPS) is 21.4. The molecule has 2 atom stereocenters. The highest BCUT2D eigenvalue weighted by Gasteiger charge is 2.33. The Hall–Kier alpha value is -1.36. The molecule has 4 heterocycles. The van der Waals surface area contributed by atoms with E-state index in [9.17, 15) is 0 Å². The van der Waals surface area contributed by atoms with Crippen molar-refractivity contribution in [3.63, 3.8) is 0 Å². The Balaban J connectivity index is 1.90. The predicted molar refractivity (Wildman–Crippen MR) is 102 cm³/mol. The van der Waals surface area contributed by atoms with Gasteiger partial charge in [0.2, 0.25) is 0 Å². The van der Waals surface area contributed by atoms with Gasteiger partial charge in [0.1, 0.15) is 0 Å². The zero-order valence-corrected chi connectivity index (χ0v) is 16.1. The van der Waals surface area contributed by atoms with Gasteiger partial charge in [-0.05, 0) is 39.4 Å². The summed E-state index contributed by atoms with van der Waals surface area (Å²) in [5, 5.41) is 2.94. The minimum Gasteiger partial charge on any atom is -0.338 e. The van der Waals surface area contributed by atoms with Gasteiger partial charge < -0.3 is 4.57 Å². The number of fused-ring (bicyclic) bond motifs is 3. The van der Waals surface area contributed by atoms with Crippen molar-refractivity contribution in [1.82, 2.24) is 14.5 Å². The number of nitrogens with zero attached hydrogens (tertiary/aromatic N) is 3. The van der Waals surface area contributed by atoms with Crippen molar-refractivity contribution in [2.45, 2.75) is 45.8 Å². The van der Waals surface area contributed by atoms with E-state index in [0.29, 0.717) is 12.1 Å². The highest BCUT2D eigenvalue weighted by Crippen LogP contribution is 2.44. The highest BCUT2D eigenvalue weighted by atomic mass is 35.5. The van der Waals surface area contributed by atoms with Crippen LogP contribution in [0.5, 0.6) is 0 Å². The van der Waals surface area contributed by atoms with Gasteiger partial charge in [0.25, 0.3) is 0 Å². The minimum atomic E-state index is 0.415. The van der Waals surface area contributed by atoms with Crippen molar-refractivity contribution in [2.75, 3.05) is 7.05 Å². The van der Waals surface area contributed by atoms with E-state index in [4.69, 9.17) is 11.6 Å². The monoisotopic (exact) mass is 359 g/mol. The molecule has 0 bridgehead atoms. The molecule has 0 aromatic carbocycles. The summed E-state index contributed by atoms with van der Waals surface area (Å²) in [6.07, 6.45) is 3.04. The molecule has 0 radical (unpaired) electrons. The van der Waals surface area contributed by atoms with Gasteiger partial charge >= 0.3 is 0 Å². The summed E-state index contributed by atoms with van der Waals surface area (Å²) >= 11 is 8.34. The van der Waals surface area contributed by atoms with Crippen LogP contribution in [0.2, 0.25) is 5.02 Å². The van der Waals surface area contributed by atoms with Gasteiger partial charge in [-0.2, -0.15) is 0 Å². The number of aromatic nitrogens is 2. The second kappa shape index (κ2) is 5.87. The molecule has 3 nitrogen and oxygen atoms in total.